The van der Waals surface area contributed by atoms with Gasteiger partial charge in [-0.1, -0.05) is 17.7 Å². The zero-order valence-electron chi connectivity index (χ0n) is 9.37. The number of unbranched alkanes of at least 4 members (excludes halogenated alkanes) is 1. The first-order valence-corrected chi connectivity index (χ1v) is 5.64. The number of halogens is 1. The SMILES string of the molecule is C#CCCCOc1ccc([C@@H](C)N)cc1Cl. The van der Waals surface area contributed by atoms with Gasteiger partial charge in [0, 0.05) is 12.5 Å². The molecular weight excluding hydrogens is 222 g/mol. The summed E-state index contributed by atoms with van der Waals surface area (Å²) in [6, 6.07) is 5.58. The van der Waals surface area contributed by atoms with Crippen LogP contribution in [0, 0.1) is 12.3 Å². The number of benzene rings is 1. The topological polar surface area (TPSA) is 35.2 Å². The summed E-state index contributed by atoms with van der Waals surface area (Å²) in [5, 5.41) is 0.593. The van der Waals surface area contributed by atoms with Gasteiger partial charge in [0.25, 0.3) is 0 Å². The van der Waals surface area contributed by atoms with Crippen molar-refractivity contribution >= 4 is 11.6 Å². The van der Waals surface area contributed by atoms with Gasteiger partial charge in [-0.15, -0.1) is 12.3 Å². The van der Waals surface area contributed by atoms with E-state index in [2.05, 4.69) is 5.92 Å². The fourth-order valence-electron chi connectivity index (χ4n) is 1.27. The highest BCUT2D eigenvalue weighted by Gasteiger charge is 2.05. The number of ether oxygens (including phenoxy) is 1. The first-order valence-electron chi connectivity index (χ1n) is 5.26. The van der Waals surface area contributed by atoms with Crippen LogP contribution in [-0.4, -0.2) is 6.61 Å². The van der Waals surface area contributed by atoms with Gasteiger partial charge in [-0.25, -0.2) is 0 Å². The number of hydrogen-bond acceptors (Lipinski definition) is 2. The quantitative estimate of drug-likeness (QED) is 0.631. The second-order valence-corrected chi connectivity index (χ2v) is 4.04. The molecule has 16 heavy (non-hydrogen) atoms. The fraction of sp³-hybridized carbons (Fsp3) is 0.385. The van der Waals surface area contributed by atoms with E-state index in [0.717, 1.165) is 18.4 Å². The third-order valence-electron chi connectivity index (χ3n) is 2.20. The highest BCUT2D eigenvalue weighted by molar-refractivity contribution is 6.32. The third-order valence-corrected chi connectivity index (χ3v) is 2.50. The van der Waals surface area contributed by atoms with Crippen molar-refractivity contribution in [3.63, 3.8) is 0 Å². The van der Waals surface area contributed by atoms with Gasteiger partial charge >= 0.3 is 0 Å². The monoisotopic (exact) mass is 237 g/mol. The van der Waals surface area contributed by atoms with Crippen LogP contribution in [-0.2, 0) is 0 Å². The first kappa shape index (κ1) is 12.9. The summed E-state index contributed by atoms with van der Waals surface area (Å²) in [7, 11) is 0. The van der Waals surface area contributed by atoms with Crippen molar-refractivity contribution in [2.45, 2.75) is 25.8 Å². The smallest absolute Gasteiger partial charge is 0.137 e. The van der Waals surface area contributed by atoms with Crippen LogP contribution in [0.1, 0.15) is 31.4 Å². The largest absolute Gasteiger partial charge is 0.492 e. The minimum atomic E-state index is -0.0204. The molecule has 0 aliphatic heterocycles. The van der Waals surface area contributed by atoms with Crippen LogP contribution in [0.3, 0.4) is 0 Å². The predicted molar refractivity (Wildman–Crippen MR) is 67.6 cm³/mol. The van der Waals surface area contributed by atoms with Crippen LogP contribution in [0.5, 0.6) is 5.75 Å². The molecule has 0 aromatic heterocycles. The van der Waals surface area contributed by atoms with Crippen LogP contribution in [0.25, 0.3) is 0 Å². The minimum Gasteiger partial charge on any atom is -0.492 e. The lowest BCUT2D eigenvalue weighted by atomic mass is 10.1. The molecule has 1 aromatic rings. The molecule has 3 heteroatoms. The molecular formula is C13H16ClNO. The summed E-state index contributed by atoms with van der Waals surface area (Å²) in [4.78, 5) is 0. The molecule has 86 valence electrons. The van der Waals surface area contributed by atoms with E-state index in [1.165, 1.54) is 0 Å². The normalized spacial score (nSPS) is 11.9. The molecule has 0 amide bonds. The van der Waals surface area contributed by atoms with E-state index in [4.69, 9.17) is 28.5 Å². The maximum absolute atomic E-state index is 6.07. The number of rotatable bonds is 5. The van der Waals surface area contributed by atoms with Crippen LogP contribution < -0.4 is 10.5 Å². The highest BCUT2D eigenvalue weighted by Crippen LogP contribution is 2.27. The molecule has 0 radical (unpaired) electrons. The lowest BCUT2D eigenvalue weighted by Crippen LogP contribution is -2.05. The summed E-state index contributed by atoms with van der Waals surface area (Å²) >= 11 is 6.07. The zero-order valence-corrected chi connectivity index (χ0v) is 10.1. The van der Waals surface area contributed by atoms with Gasteiger partial charge in [0.15, 0.2) is 0 Å². The standard InChI is InChI=1S/C13H16ClNO/c1-3-4-5-8-16-13-7-6-11(10(2)15)9-12(13)14/h1,6-7,9-10H,4-5,8,15H2,2H3/t10-/m1/s1. The second-order valence-electron chi connectivity index (χ2n) is 3.63. The van der Waals surface area contributed by atoms with E-state index in [-0.39, 0.29) is 6.04 Å². The number of nitrogens with two attached hydrogens (primary N) is 1. The summed E-state index contributed by atoms with van der Waals surface area (Å²) < 4.78 is 5.51. The molecule has 1 rings (SSSR count). The van der Waals surface area contributed by atoms with Gasteiger partial charge in [-0.3, -0.25) is 0 Å². The van der Waals surface area contributed by atoms with Crippen molar-refractivity contribution in [3.05, 3.63) is 28.8 Å². The molecule has 0 spiro atoms. The number of hydrogen-bond donors (Lipinski definition) is 1. The molecule has 0 saturated carbocycles. The Morgan fingerprint density at radius 3 is 2.88 bits per heavy atom. The average Bonchev–Trinajstić information content (AvgIpc) is 2.26. The Labute approximate surface area is 102 Å². The maximum atomic E-state index is 6.07. The summed E-state index contributed by atoms with van der Waals surface area (Å²) in [5.41, 5.74) is 6.75. The van der Waals surface area contributed by atoms with Crippen LogP contribution in [0.2, 0.25) is 5.02 Å². The van der Waals surface area contributed by atoms with Gasteiger partial charge in [-0.05, 0) is 31.0 Å². The fourth-order valence-corrected chi connectivity index (χ4v) is 1.52. The maximum Gasteiger partial charge on any atom is 0.137 e. The molecule has 0 aliphatic carbocycles. The molecule has 0 unspecified atom stereocenters. The van der Waals surface area contributed by atoms with E-state index >= 15 is 0 Å². The Morgan fingerprint density at radius 1 is 1.56 bits per heavy atom. The van der Waals surface area contributed by atoms with Crippen molar-refractivity contribution in [1.29, 1.82) is 0 Å². The molecule has 0 saturated heterocycles. The average molecular weight is 238 g/mol. The van der Waals surface area contributed by atoms with Gasteiger partial charge in [-0.2, -0.15) is 0 Å². The van der Waals surface area contributed by atoms with Crippen molar-refractivity contribution in [2.24, 2.45) is 5.73 Å². The predicted octanol–water partition coefficient (Wildman–Crippen LogP) is 3.15. The van der Waals surface area contributed by atoms with Crippen LogP contribution >= 0.6 is 11.6 Å². The molecule has 0 heterocycles. The van der Waals surface area contributed by atoms with Gasteiger partial charge in [0.1, 0.15) is 5.75 Å². The summed E-state index contributed by atoms with van der Waals surface area (Å²) in [5.74, 6) is 3.25. The van der Waals surface area contributed by atoms with Crippen molar-refractivity contribution in [1.82, 2.24) is 0 Å². The minimum absolute atomic E-state index is 0.0204. The summed E-state index contributed by atoms with van der Waals surface area (Å²) in [6.07, 6.45) is 6.70. The lowest BCUT2D eigenvalue weighted by Gasteiger charge is -2.10. The first-order chi connectivity index (χ1) is 7.65. The van der Waals surface area contributed by atoms with Gasteiger partial charge < -0.3 is 10.5 Å². The van der Waals surface area contributed by atoms with E-state index in [1.54, 1.807) is 0 Å². The second kappa shape index (κ2) is 6.42. The van der Waals surface area contributed by atoms with Crippen molar-refractivity contribution < 1.29 is 4.74 Å². The van der Waals surface area contributed by atoms with Crippen LogP contribution in [0.15, 0.2) is 18.2 Å². The Balaban J connectivity index is 2.58. The lowest BCUT2D eigenvalue weighted by molar-refractivity contribution is 0.313. The third kappa shape index (κ3) is 3.77. The summed E-state index contributed by atoms with van der Waals surface area (Å²) in [6.45, 7) is 2.50. The van der Waals surface area contributed by atoms with Gasteiger partial charge in [0.2, 0.25) is 0 Å². The molecule has 1 atom stereocenters. The Hall–Kier alpha value is -1.17. The molecule has 2 N–H and O–H groups in total. The van der Waals surface area contributed by atoms with E-state index in [1.807, 2.05) is 25.1 Å². The van der Waals surface area contributed by atoms with Gasteiger partial charge in [0.05, 0.1) is 11.6 Å². The highest BCUT2D eigenvalue weighted by atomic mass is 35.5. The molecule has 2 nitrogen and oxygen atoms in total. The Morgan fingerprint density at radius 2 is 2.31 bits per heavy atom. The van der Waals surface area contributed by atoms with Crippen LogP contribution in [0.4, 0.5) is 0 Å². The molecule has 0 bridgehead atoms. The van der Waals surface area contributed by atoms with E-state index in [0.29, 0.717) is 17.4 Å². The van der Waals surface area contributed by atoms with E-state index < -0.39 is 0 Å². The zero-order chi connectivity index (χ0) is 12.0. The van der Waals surface area contributed by atoms with E-state index in [9.17, 15) is 0 Å². The molecule has 0 fully saturated rings. The molecule has 1 aromatic carbocycles. The van der Waals surface area contributed by atoms with Crippen molar-refractivity contribution in [2.75, 3.05) is 6.61 Å². The Kier molecular flexibility index (Phi) is 5.18. The number of terminal acetylenes is 1. The Bertz CT molecular complexity index is 382. The molecule has 0 aliphatic rings. The van der Waals surface area contributed by atoms with Crippen molar-refractivity contribution in [3.8, 4) is 18.1 Å².